The van der Waals surface area contributed by atoms with Crippen LogP contribution in [0.4, 0.5) is 0 Å². The molecular weight excluding hydrogens is 374 g/mol. The quantitative estimate of drug-likeness (QED) is 0.854. The summed E-state index contributed by atoms with van der Waals surface area (Å²) in [7, 11) is 1.52. The summed E-state index contributed by atoms with van der Waals surface area (Å²) >= 11 is 1.54. The topological polar surface area (TPSA) is 75.9 Å². The van der Waals surface area contributed by atoms with Crippen molar-refractivity contribution in [3.63, 3.8) is 0 Å². The first kappa shape index (κ1) is 20.6. The average molecular weight is 398 g/mol. The molecule has 142 valence electrons. The number of nitrogens with two attached hydrogens (primary N) is 1. The molecule has 1 aliphatic heterocycles. The SMILES string of the molecule is COCC(N)C(=O)N1CCN(C(=O)c2sc3ccccc3c2C)CC1.Cl. The summed E-state index contributed by atoms with van der Waals surface area (Å²) in [6.07, 6.45) is 0. The Labute approximate surface area is 163 Å². The van der Waals surface area contributed by atoms with Gasteiger partial charge in [-0.05, 0) is 23.9 Å². The van der Waals surface area contributed by atoms with Crippen LogP contribution in [0.25, 0.3) is 10.1 Å². The lowest BCUT2D eigenvalue weighted by atomic mass is 10.1. The van der Waals surface area contributed by atoms with Crippen LogP contribution in [0.15, 0.2) is 24.3 Å². The number of hydrogen-bond donors (Lipinski definition) is 1. The number of methoxy groups -OCH3 is 1. The predicted molar refractivity (Wildman–Crippen MR) is 106 cm³/mol. The molecule has 2 amide bonds. The highest BCUT2D eigenvalue weighted by atomic mass is 35.5. The van der Waals surface area contributed by atoms with Crippen LogP contribution in [0.5, 0.6) is 0 Å². The zero-order valence-electron chi connectivity index (χ0n) is 14.9. The molecule has 26 heavy (non-hydrogen) atoms. The molecule has 0 aliphatic carbocycles. The van der Waals surface area contributed by atoms with Crippen LogP contribution in [-0.4, -0.2) is 67.6 Å². The van der Waals surface area contributed by atoms with E-state index in [1.807, 2.05) is 36.1 Å². The fourth-order valence-corrected chi connectivity index (χ4v) is 4.31. The van der Waals surface area contributed by atoms with Gasteiger partial charge in [0.15, 0.2) is 0 Å². The fourth-order valence-electron chi connectivity index (χ4n) is 3.14. The van der Waals surface area contributed by atoms with Gasteiger partial charge in [-0.25, -0.2) is 0 Å². The Morgan fingerprint density at radius 3 is 2.42 bits per heavy atom. The highest BCUT2D eigenvalue weighted by molar-refractivity contribution is 7.21. The van der Waals surface area contributed by atoms with Crippen LogP contribution in [-0.2, 0) is 9.53 Å². The lowest BCUT2D eigenvalue weighted by Gasteiger charge is -2.35. The summed E-state index contributed by atoms with van der Waals surface area (Å²) in [5.41, 5.74) is 6.85. The summed E-state index contributed by atoms with van der Waals surface area (Å²) in [6.45, 7) is 4.27. The minimum Gasteiger partial charge on any atom is -0.383 e. The van der Waals surface area contributed by atoms with Crippen molar-refractivity contribution in [2.45, 2.75) is 13.0 Å². The summed E-state index contributed by atoms with van der Waals surface area (Å²) in [4.78, 5) is 29.4. The minimum absolute atomic E-state index is 0. The molecule has 1 unspecified atom stereocenters. The molecule has 0 bridgehead atoms. The third kappa shape index (κ3) is 4.01. The molecule has 2 heterocycles. The number of benzene rings is 1. The molecule has 1 saturated heterocycles. The number of aryl methyl sites for hydroxylation is 1. The van der Waals surface area contributed by atoms with Gasteiger partial charge in [-0.3, -0.25) is 9.59 Å². The Morgan fingerprint density at radius 2 is 1.81 bits per heavy atom. The molecule has 8 heteroatoms. The van der Waals surface area contributed by atoms with Crippen molar-refractivity contribution in [3.8, 4) is 0 Å². The number of fused-ring (bicyclic) bond motifs is 1. The van der Waals surface area contributed by atoms with Gasteiger partial charge < -0.3 is 20.3 Å². The normalized spacial score (nSPS) is 15.7. The van der Waals surface area contributed by atoms with Crippen LogP contribution in [0.3, 0.4) is 0 Å². The van der Waals surface area contributed by atoms with E-state index in [0.717, 1.165) is 20.5 Å². The molecule has 1 aromatic carbocycles. The summed E-state index contributed by atoms with van der Waals surface area (Å²) in [5, 5.41) is 1.13. The van der Waals surface area contributed by atoms with E-state index in [9.17, 15) is 9.59 Å². The lowest BCUT2D eigenvalue weighted by molar-refractivity contribution is -0.135. The van der Waals surface area contributed by atoms with Gasteiger partial charge in [0.05, 0.1) is 11.5 Å². The lowest BCUT2D eigenvalue weighted by Crippen LogP contribution is -2.55. The van der Waals surface area contributed by atoms with E-state index in [0.29, 0.717) is 26.2 Å². The number of hydrogen-bond acceptors (Lipinski definition) is 5. The number of ether oxygens (including phenoxy) is 1. The first-order valence-electron chi connectivity index (χ1n) is 8.33. The second-order valence-electron chi connectivity index (χ2n) is 6.23. The van der Waals surface area contributed by atoms with Crippen molar-refractivity contribution in [2.75, 3.05) is 39.9 Å². The number of nitrogens with zero attached hydrogens (tertiary/aromatic N) is 2. The number of rotatable bonds is 4. The van der Waals surface area contributed by atoms with Crippen LogP contribution in [0.1, 0.15) is 15.2 Å². The van der Waals surface area contributed by atoms with E-state index in [1.165, 1.54) is 18.4 Å². The number of thiophene rings is 1. The molecule has 1 atom stereocenters. The third-order valence-corrected chi connectivity index (χ3v) is 5.84. The van der Waals surface area contributed by atoms with Crippen LogP contribution in [0.2, 0.25) is 0 Å². The van der Waals surface area contributed by atoms with E-state index in [1.54, 1.807) is 4.90 Å². The number of carbonyl (C=O) groups is 2. The first-order chi connectivity index (χ1) is 12.0. The van der Waals surface area contributed by atoms with Crippen molar-refractivity contribution < 1.29 is 14.3 Å². The van der Waals surface area contributed by atoms with E-state index < -0.39 is 6.04 Å². The van der Waals surface area contributed by atoms with Gasteiger partial charge >= 0.3 is 0 Å². The highest BCUT2D eigenvalue weighted by Gasteiger charge is 2.29. The maximum absolute atomic E-state index is 12.9. The molecule has 1 fully saturated rings. The summed E-state index contributed by atoms with van der Waals surface area (Å²) in [5.74, 6) is -0.0704. The molecule has 0 radical (unpaired) electrons. The number of carbonyl (C=O) groups excluding carboxylic acids is 2. The first-order valence-corrected chi connectivity index (χ1v) is 9.15. The van der Waals surface area contributed by atoms with Gasteiger partial charge in [0.2, 0.25) is 5.91 Å². The van der Waals surface area contributed by atoms with Gasteiger partial charge in [0, 0.05) is 38.0 Å². The highest BCUT2D eigenvalue weighted by Crippen LogP contribution is 2.31. The Morgan fingerprint density at radius 1 is 1.19 bits per heavy atom. The van der Waals surface area contributed by atoms with Crippen molar-refractivity contribution in [1.82, 2.24) is 9.80 Å². The van der Waals surface area contributed by atoms with Gasteiger partial charge in [0.25, 0.3) is 5.91 Å². The standard InChI is InChI=1S/C18H23N3O3S.ClH/c1-12-13-5-3-4-6-15(13)25-16(12)18(23)21-9-7-20(8-10-21)17(22)14(19)11-24-2;/h3-6,14H,7-11,19H2,1-2H3;1H. The van der Waals surface area contributed by atoms with E-state index in [4.69, 9.17) is 10.5 Å². The molecule has 3 rings (SSSR count). The van der Waals surface area contributed by atoms with E-state index in [-0.39, 0.29) is 30.8 Å². The Balaban J connectivity index is 0.00000243. The van der Waals surface area contributed by atoms with Crippen LogP contribution < -0.4 is 5.73 Å². The third-order valence-electron chi connectivity index (χ3n) is 4.58. The van der Waals surface area contributed by atoms with Crippen molar-refractivity contribution in [1.29, 1.82) is 0 Å². The molecule has 6 nitrogen and oxygen atoms in total. The number of piperazine rings is 1. The molecule has 0 saturated carbocycles. The van der Waals surface area contributed by atoms with Crippen molar-refractivity contribution >= 4 is 45.6 Å². The van der Waals surface area contributed by atoms with Crippen molar-refractivity contribution in [3.05, 3.63) is 34.7 Å². The van der Waals surface area contributed by atoms with Gasteiger partial charge in [-0.15, -0.1) is 23.7 Å². The maximum atomic E-state index is 12.9. The van der Waals surface area contributed by atoms with Crippen LogP contribution in [0, 0.1) is 6.92 Å². The van der Waals surface area contributed by atoms with Crippen molar-refractivity contribution in [2.24, 2.45) is 5.73 Å². The largest absolute Gasteiger partial charge is 0.383 e. The van der Waals surface area contributed by atoms with E-state index in [2.05, 4.69) is 0 Å². The Kier molecular flexibility index (Phi) is 7.00. The van der Waals surface area contributed by atoms with E-state index >= 15 is 0 Å². The van der Waals surface area contributed by atoms with Crippen LogP contribution >= 0.6 is 23.7 Å². The number of amides is 2. The molecule has 0 spiro atoms. The molecule has 1 aromatic heterocycles. The summed E-state index contributed by atoms with van der Waals surface area (Å²) in [6, 6.07) is 7.42. The zero-order valence-corrected chi connectivity index (χ0v) is 16.6. The zero-order chi connectivity index (χ0) is 18.0. The average Bonchev–Trinajstić information content (AvgIpc) is 2.98. The molecular formula is C18H24ClN3O3S. The Hall–Kier alpha value is -1.67. The van der Waals surface area contributed by atoms with Gasteiger partial charge in [0.1, 0.15) is 6.04 Å². The maximum Gasteiger partial charge on any atom is 0.264 e. The predicted octanol–water partition coefficient (Wildman–Crippen LogP) is 1.89. The molecule has 2 aromatic rings. The fraction of sp³-hybridized carbons (Fsp3) is 0.444. The smallest absolute Gasteiger partial charge is 0.264 e. The summed E-state index contributed by atoms with van der Waals surface area (Å²) < 4.78 is 6.07. The second kappa shape index (κ2) is 8.81. The van der Waals surface area contributed by atoms with Gasteiger partial charge in [-0.1, -0.05) is 18.2 Å². The minimum atomic E-state index is -0.642. The number of halogens is 1. The van der Waals surface area contributed by atoms with Gasteiger partial charge in [-0.2, -0.15) is 0 Å². The molecule has 1 aliphatic rings. The second-order valence-corrected chi connectivity index (χ2v) is 7.28. The monoisotopic (exact) mass is 397 g/mol. The molecule has 2 N–H and O–H groups in total. The Bertz CT molecular complexity index is 787.